The molecule has 5 rings (SSSR count). The van der Waals surface area contributed by atoms with Crippen LogP contribution in [0.5, 0.6) is 0 Å². The first-order valence-electron chi connectivity index (χ1n) is 10.4. The first-order chi connectivity index (χ1) is 14.1. The van der Waals surface area contributed by atoms with Crippen LogP contribution in [0.15, 0.2) is 72.8 Å². The molecule has 0 spiro atoms. The van der Waals surface area contributed by atoms with E-state index in [-0.39, 0.29) is 11.8 Å². The molecule has 1 aliphatic heterocycles. The monoisotopic (exact) mass is 385 g/mol. The minimum atomic E-state index is -0.727. The van der Waals surface area contributed by atoms with Gasteiger partial charge in [-0.1, -0.05) is 60.7 Å². The van der Waals surface area contributed by atoms with Crippen LogP contribution in [-0.2, 0) is 12.1 Å². The van der Waals surface area contributed by atoms with Gasteiger partial charge in [0.15, 0.2) is 0 Å². The fourth-order valence-corrected chi connectivity index (χ4v) is 5.30. The summed E-state index contributed by atoms with van der Waals surface area (Å²) in [5, 5.41) is 11.8. The van der Waals surface area contributed by atoms with Crippen molar-refractivity contribution in [1.82, 2.24) is 9.88 Å². The van der Waals surface area contributed by atoms with Crippen LogP contribution in [0.25, 0.3) is 11.3 Å². The predicted octanol–water partition coefficient (Wildman–Crippen LogP) is 4.06. The van der Waals surface area contributed by atoms with E-state index in [0.29, 0.717) is 5.82 Å². The number of hydrogen-bond donors (Lipinski definition) is 2. The van der Waals surface area contributed by atoms with Crippen molar-refractivity contribution in [2.45, 2.75) is 25.0 Å². The molecular formula is C25H27N3O. The molecule has 4 heteroatoms. The molecule has 1 aliphatic carbocycles. The fourth-order valence-electron chi connectivity index (χ4n) is 5.30. The summed E-state index contributed by atoms with van der Waals surface area (Å²) in [6.45, 7) is 2.85. The molecule has 3 N–H and O–H groups in total. The van der Waals surface area contributed by atoms with Crippen molar-refractivity contribution in [2.75, 3.05) is 18.8 Å². The number of fused-ring (bicyclic) bond motifs is 2. The van der Waals surface area contributed by atoms with Gasteiger partial charge in [-0.15, -0.1) is 0 Å². The third-order valence-corrected chi connectivity index (χ3v) is 6.73. The molecule has 3 aromatic rings. The molecule has 2 atom stereocenters. The fraction of sp³-hybridized carbons (Fsp3) is 0.320. The Kier molecular flexibility index (Phi) is 4.61. The summed E-state index contributed by atoms with van der Waals surface area (Å²) in [6.07, 6.45) is 2.18. The number of anilines is 1. The van der Waals surface area contributed by atoms with E-state index in [9.17, 15) is 5.11 Å². The van der Waals surface area contributed by atoms with Gasteiger partial charge in [0.1, 0.15) is 5.82 Å². The lowest BCUT2D eigenvalue weighted by Gasteiger charge is -2.45. The highest BCUT2D eigenvalue weighted by atomic mass is 16.3. The zero-order valence-corrected chi connectivity index (χ0v) is 16.5. The standard InChI is InChI=1S/C25H27N3O/c26-24-8-4-7-23(27-24)19-9-11-20(12-10-19)25(29)21-13-14-22(25)17-28(16-21)15-18-5-2-1-3-6-18/h1-12,21-22,29H,13-17H2,(H2,26,27). The van der Waals surface area contributed by atoms with Crippen LogP contribution in [0.3, 0.4) is 0 Å². The van der Waals surface area contributed by atoms with Crippen molar-refractivity contribution in [2.24, 2.45) is 11.8 Å². The van der Waals surface area contributed by atoms with Gasteiger partial charge in [0.25, 0.3) is 0 Å². The SMILES string of the molecule is Nc1cccc(-c2ccc(C3(O)C4CCC3CN(Cc3ccccc3)C4)cc2)n1. The first-order valence-corrected chi connectivity index (χ1v) is 10.4. The third kappa shape index (κ3) is 3.33. The molecule has 2 unspecified atom stereocenters. The maximum Gasteiger partial charge on any atom is 0.124 e. The molecular weight excluding hydrogens is 358 g/mol. The van der Waals surface area contributed by atoms with Crippen molar-refractivity contribution in [1.29, 1.82) is 0 Å². The van der Waals surface area contributed by atoms with E-state index in [4.69, 9.17) is 5.73 Å². The topological polar surface area (TPSA) is 62.4 Å². The van der Waals surface area contributed by atoms with Gasteiger partial charge < -0.3 is 10.8 Å². The lowest BCUT2D eigenvalue weighted by Crippen LogP contribution is -2.51. The summed E-state index contributed by atoms with van der Waals surface area (Å²) < 4.78 is 0. The van der Waals surface area contributed by atoms with Gasteiger partial charge in [-0.3, -0.25) is 4.90 Å². The first kappa shape index (κ1) is 18.3. The van der Waals surface area contributed by atoms with E-state index < -0.39 is 5.60 Å². The van der Waals surface area contributed by atoms with Crippen molar-refractivity contribution in [3.63, 3.8) is 0 Å². The van der Waals surface area contributed by atoms with Gasteiger partial charge in [0, 0.05) is 37.0 Å². The molecule has 2 heterocycles. The summed E-state index contributed by atoms with van der Waals surface area (Å²) in [5.74, 6) is 1.08. The Morgan fingerprint density at radius 1 is 0.897 bits per heavy atom. The molecule has 0 amide bonds. The average molecular weight is 386 g/mol. The summed E-state index contributed by atoms with van der Waals surface area (Å²) in [5.41, 5.74) is 9.37. The Labute approximate surface area is 172 Å². The second kappa shape index (κ2) is 7.29. The number of aliphatic hydroxyl groups is 1. The molecule has 1 saturated carbocycles. The van der Waals surface area contributed by atoms with Gasteiger partial charge in [-0.25, -0.2) is 4.98 Å². The normalized spacial score (nSPS) is 26.5. The largest absolute Gasteiger partial charge is 0.384 e. The van der Waals surface area contributed by atoms with Crippen LogP contribution in [-0.4, -0.2) is 28.1 Å². The minimum absolute atomic E-state index is 0.279. The van der Waals surface area contributed by atoms with Crippen LogP contribution in [0.2, 0.25) is 0 Å². The average Bonchev–Trinajstić information content (AvgIpc) is 2.91. The molecule has 4 nitrogen and oxygen atoms in total. The Morgan fingerprint density at radius 3 is 2.24 bits per heavy atom. The maximum atomic E-state index is 11.8. The Hall–Kier alpha value is -2.69. The second-order valence-corrected chi connectivity index (χ2v) is 8.50. The van der Waals surface area contributed by atoms with E-state index in [2.05, 4.69) is 64.5 Å². The van der Waals surface area contributed by atoms with Gasteiger partial charge >= 0.3 is 0 Å². The summed E-state index contributed by atoms with van der Waals surface area (Å²) >= 11 is 0. The van der Waals surface area contributed by atoms with Gasteiger partial charge in [0.05, 0.1) is 11.3 Å². The molecule has 2 aromatic carbocycles. The Balaban J connectivity index is 1.36. The summed E-state index contributed by atoms with van der Waals surface area (Å²) in [4.78, 5) is 6.91. The van der Waals surface area contributed by atoms with Crippen LogP contribution >= 0.6 is 0 Å². The van der Waals surface area contributed by atoms with Crippen LogP contribution in [0.1, 0.15) is 24.0 Å². The molecule has 29 heavy (non-hydrogen) atoms. The summed E-state index contributed by atoms with van der Waals surface area (Å²) in [6, 6.07) is 24.6. The number of nitrogens with zero attached hydrogens (tertiary/aromatic N) is 2. The molecule has 2 bridgehead atoms. The van der Waals surface area contributed by atoms with E-state index in [1.54, 1.807) is 6.07 Å². The number of hydrogen-bond acceptors (Lipinski definition) is 4. The predicted molar refractivity (Wildman–Crippen MR) is 116 cm³/mol. The Bertz CT molecular complexity index is 972. The molecule has 1 aromatic heterocycles. The Morgan fingerprint density at radius 2 is 1.59 bits per heavy atom. The molecule has 0 radical (unpaired) electrons. The number of benzene rings is 2. The number of nitrogens with two attached hydrogens (primary N) is 1. The molecule has 2 aliphatic rings. The highest BCUT2D eigenvalue weighted by Crippen LogP contribution is 2.51. The minimum Gasteiger partial charge on any atom is -0.384 e. The second-order valence-electron chi connectivity index (χ2n) is 8.50. The van der Waals surface area contributed by atoms with Gasteiger partial charge in [-0.2, -0.15) is 0 Å². The van der Waals surface area contributed by atoms with Crippen molar-refractivity contribution in [3.05, 3.63) is 83.9 Å². The zero-order valence-electron chi connectivity index (χ0n) is 16.5. The quantitative estimate of drug-likeness (QED) is 0.711. The lowest BCUT2D eigenvalue weighted by atomic mass is 9.75. The van der Waals surface area contributed by atoms with Crippen LogP contribution in [0.4, 0.5) is 5.82 Å². The maximum absolute atomic E-state index is 11.8. The van der Waals surface area contributed by atoms with Crippen molar-refractivity contribution >= 4 is 5.82 Å². The smallest absolute Gasteiger partial charge is 0.124 e. The van der Waals surface area contributed by atoms with E-state index in [1.165, 1.54) is 5.56 Å². The van der Waals surface area contributed by atoms with E-state index in [1.807, 2.05) is 12.1 Å². The van der Waals surface area contributed by atoms with Crippen LogP contribution < -0.4 is 5.73 Å². The lowest BCUT2D eigenvalue weighted by molar-refractivity contribution is -0.0914. The number of aromatic nitrogens is 1. The summed E-state index contributed by atoms with van der Waals surface area (Å²) in [7, 11) is 0. The van der Waals surface area contributed by atoms with Crippen molar-refractivity contribution < 1.29 is 5.11 Å². The van der Waals surface area contributed by atoms with Gasteiger partial charge in [-0.05, 0) is 36.1 Å². The number of nitrogen functional groups attached to an aromatic ring is 1. The number of pyridine rings is 1. The number of likely N-dealkylation sites (tertiary alicyclic amines) is 1. The number of rotatable bonds is 4. The number of piperidine rings is 1. The van der Waals surface area contributed by atoms with E-state index >= 15 is 0 Å². The third-order valence-electron chi connectivity index (χ3n) is 6.73. The van der Waals surface area contributed by atoms with Crippen molar-refractivity contribution in [3.8, 4) is 11.3 Å². The molecule has 148 valence electrons. The highest BCUT2D eigenvalue weighted by Gasteiger charge is 2.53. The zero-order chi connectivity index (χ0) is 19.8. The van der Waals surface area contributed by atoms with Crippen LogP contribution in [0, 0.1) is 11.8 Å². The molecule has 2 fully saturated rings. The molecule has 1 saturated heterocycles. The highest BCUT2D eigenvalue weighted by molar-refractivity contribution is 5.61. The van der Waals surface area contributed by atoms with E-state index in [0.717, 1.165) is 49.3 Å². The van der Waals surface area contributed by atoms with Gasteiger partial charge in [0.2, 0.25) is 0 Å².